The monoisotopic (exact) mass is 217 g/mol. The highest BCUT2D eigenvalue weighted by Crippen LogP contribution is 2.25. The van der Waals surface area contributed by atoms with Crippen LogP contribution in [0.2, 0.25) is 0 Å². The highest BCUT2D eigenvalue weighted by atomic mass is 16.5. The number of nitrogens with zero attached hydrogens (tertiary/aromatic N) is 2. The summed E-state index contributed by atoms with van der Waals surface area (Å²) in [4.78, 5) is 4.34. The summed E-state index contributed by atoms with van der Waals surface area (Å²) in [5, 5.41) is 4.39. The topological polar surface area (TPSA) is 39.1 Å². The van der Waals surface area contributed by atoms with Gasteiger partial charge in [0.05, 0.1) is 5.39 Å². The van der Waals surface area contributed by atoms with Crippen molar-refractivity contribution in [2.45, 2.75) is 12.5 Å². The average molecular weight is 217 g/mol. The van der Waals surface area contributed by atoms with Crippen LogP contribution in [0.1, 0.15) is 6.42 Å². The Balaban J connectivity index is 1.96. The van der Waals surface area contributed by atoms with E-state index in [1.54, 1.807) is 6.20 Å². The first kappa shape index (κ1) is 9.66. The minimum Gasteiger partial charge on any atom is -0.488 e. The predicted molar refractivity (Wildman–Crippen MR) is 62.6 cm³/mol. The first-order valence-electron chi connectivity index (χ1n) is 5.62. The Morgan fingerprint density at radius 2 is 2.44 bits per heavy atom. The van der Waals surface area contributed by atoms with E-state index in [-0.39, 0.29) is 0 Å². The molecule has 16 heavy (non-hydrogen) atoms. The molecular weight excluding hydrogens is 202 g/mol. The van der Waals surface area contributed by atoms with Gasteiger partial charge in [0, 0.05) is 26.0 Å². The van der Waals surface area contributed by atoms with Crippen LogP contribution in [0.15, 0.2) is 24.5 Å². The number of aromatic nitrogens is 2. The molecule has 0 spiro atoms. The van der Waals surface area contributed by atoms with E-state index in [9.17, 15) is 0 Å². The maximum Gasteiger partial charge on any atom is 0.143 e. The van der Waals surface area contributed by atoms with Crippen molar-refractivity contribution in [3.63, 3.8) is 0 Å². The number of hydrogen-bond donors (Lipinski definition) is 1. The Labute approximate surface area is 94.2 Å². The summed E-state index contributed by atoms with van der Waals surface area (Å²) in [6.45, 7) is 1.99. The van der Waals surface area contributed by atoms with E-state index in [1.165, 1.54) is 0 Å². The van der Waals surface area contributed by atoms with Crippen LogP contribution in [0.25, 0.3) is 11.0 Å². The van der Waals surface area contributed by atoms with Crippen LogP contribution in [0.3, 0.4) is 0 Å². The smallest absolute Gasteiger partial charge is 0.143 e. The predicted octanol–water partition coefficient (Wildman–Crippen LogP) is 1.31. The number of fused-ring (bicyclic) bond motifs is 1. The number of rotatable bonds is 2. The molecule has 0 amide bonds. The minimum atomic E-state index is 0.297. The molecule has 4 nitrogen and oxygen atoms in total. The van der Waals surface area contributed by atoms with E-state index in [4.69, 9.17) is 4.74 Å². The van der Waals surface area contributed by atoms with Crippen molar-refractivity contribution in [1.82, 2.24) is 14.9 Å². The maximum atomic E-state index is 5.99. The molecule has 0 radical (unpaired) electrons. The van der Waals surface area contributed by atoms with E-state index < -0.39 is 0 Å². The molecule has 0 aliphatic carbocycles. The van der Waals surface area contributed by atoms with E-state index in [1.807, 2.05) is 23.9 Å². The van der Waals surface area contributed by atoms with Gasteiger partial charge >= 0.3 is 0 Å². The van der Waals surface area contributed by atoms with Crippen molar-refractivity contribution >= 4 is 11.0 Å². The van der Waals surface area contributed by atoms with Gasteiger partial charge in [0.1, 0.15) is 17.5 Å². The summed E-state index contributed by atoms with van der Waals surface area (Å²) in [6, 6.07) is 4.00. The number of pyridine rings is 1. The molecular formula is C12H15N3O. The highest BCUT2D eigenvalue weighted by Gasteiger charge is 2.17. The molecule has 1 aliphatic heterocycles. The lowest BCUT2D eigenvalue weighted by Crippen LogP contribution is -2.19. The summed E-state index contributed by atoms with van der Waals surface area (Å²) < 4.78 is 8.00. The Morgan fingerprint density at radius 3 is 3.25 bits per heavy atom. The first-order valence-corrected chi connectivity index (χ1v) is 5.62. The number of nitrogens with one attached hydrogen (secondary N) is 1. The molecule has 1 fully saturated rings. The molecule has 1 N–H and O–H groups in total. The van der Waals surface area contributed by atoms with Crippen molar-refractivity contribution in [1.29, 1.82) is 0 Å². The lowest BCUT2D eigenvalue weighted by atomic mass is 10.3. The second kappa shape index (κ2) is 3.79. The van der Waals surface area contributed by atoms with Crippen LogP contribution in [0.4, 0.5) is 0 Å². The van der Waals surface area contributed by atoms with Gasteiger partial charge < -0.3 is 14.6 Å². The van der Waals surface area contributed by atoms with Crippen LogP contribution in [-0.2, 0) is 7.05 Å². The van der Waals surface area contributed by atoms with Gasteiger partial charge in [0.2, 0.25) is 0 Å². The van der Waals surface area contributed by atoms with Gasteiger partial charge in [-0.2, -0.15) is 0 Å². The van der Waals surface area contributed by atoms with Crippen LogP contribution in [0, 0.1) is 0 Å². The van der Waals surface area contributed by atoms with Gasteiger partial charge in [-0.05, 0) is 25.1 Å². The molecule has 84 valence electrons. The van der Waals surface area contributed by atoms with E-state index in [2.05, 4.69) is 16.4 Å². The normalized spacial score (nSPS) is 20.4. The van der Waals surface area contributed by atoms with E-state index in [0.29, 0.717) is 6.10 Å². The fraction of sp³-hybridized carbons (Fsp3) is 0.417. The largest absolute Gasteiger partial charge is 0.488 e. The van der Waals surface area contributed by atoms with Crippen molar-refractivity contribution < 1.29 is 4.74 Å². The van der Waals surface area contributed by atoms with Gasteiger partial charge in [-0.15, -0.1) is 0 Å². The number of aryl methyl sites for hydroxylation is 1. The SMILES string of the molecule is Cn1ccc2c(OC3CCNC3)ccnc21. The molecule has 1 unspecified atom stereocenters. The van der Waals surface area contributed by atoms with E-state index >= 15 is 0 Å². The Bertz CT molecular complexity index is 500. The first-order chi connectivity index (χ1) is 7.84. The molecule has 0 aromatic carbocycles. The van der Waals surface area contributed by atoms with Gasteiger partial charge in [0.25, 0.3) is 0 Å². The fourth-order valence-corrected chi connectivity index (χ4v) is 2.15. The van der Waals surface area contributed by atoms with Crippen LogP contribution in [-0.4, -0.2) is 28.7 Å². The summed E-state index contributed by atoms with van der Waals surface area (Å²) in [5.74, 6) is 0.944. The zero-order valence-corrected chi connectivity index (χ0v) is 9.31. The zero-order valence-electron chi connectivity index (χ0n) is 9.31. The second-order valence-corrected chi connectivity index (χ2v) is 4.21. The summed E-state index contributed by atoms with van der Waals surface area (Å²) in [7, 11) is 2.00. The molecule has 2 aromatic heterocycles. The third kappa shape index (κ3) is 1.55. The zero-order chi connectivity index (χ0) is 11.0. The van der Waals surface area contributed by atoms with Crippen molar-refractivity contribution in [3.8, 4) is 5.75 Å². The molecule has 2 aromatic rings. The maximum absolute atomic E-state index is 5.99. The standard InChI is InChI=1S/C12H15N3O/c1-15-7-4-10-11(3-6-14-12(10)15)16-9-2-5-13-8-9/h3-4,6-7,9,13H,2,5,8H2,1H3. The van der Waals surface area contributed by atoms with E-state index in [0.717, 1.165) is 36.3 Å². The second-order valence-electron chi connectivity index (χ2n) is 4.21. The van der Waals surface area contributed by atoms with Gasteiger partial charge in [-0.1, -0.05) is 0 Å². The average Bonchev–Trinajstić information content (AvgIpc) is 2.90. The van der Waals surface area contributed by atoms with Crippen molar-refractivity contribution in [3.05, 3.63) is 24.5 Å². The molecule has 0 bridgehead atoms. The van der Waals surface area contributed by atoms with Crippen molar-refractivity contribution in [2.75, 3.05) is 13.1 Å². The fourth-order valence-electron chi connectivity index (χ4n) is 2.15. The molecule has 1 atom stereocenters. The molecule has 3 rings (SSSR count). The Kier molecular flexibility index (Phi) is 2.29. The van der Waals surface area contributed by atoms with Gasteiger partial charge in [-0.3, -0.25) is 0 Å². The van der Waals surface area contributed by atoms with Crippen molar-refractivity contribution in [2.24, 2.45) is 7.05 Å². The number of hydrogen-bond acceptors (Lipinski definition) is 3. The van der Waals surface area contributed by atoms with Crippen LogP contribution >= 0.6 is 0 Å². The summed E-state index contributed by atoms with van der Waals surface area (Å²) >= 11 is 0. The Morgan fingerprint density at radius 1 is 1.50 bits per heavy atom. The molecule has 0 saturated carbocycles. The van der Waals surface area contributed by atoms with Crippen LogP contribution < -0.4 is 10.1 Å². The highest BCUT2D eigenvalue weighted by molar-refractivity contribution is 5.82. The number of ether oxygens (including phenoxy) is 1. The summed E-state index contributed by atoms with van der Waals surface area (Å²) in [5.41, 5.74) is 0.975. The van der Waals surface area contributed by atoms with Gasteiger partial charge in [-0.25, -0.2) is 4.98 Å². The third-order valence-corrected chi connectivity index (χ3v) is 3.04. The quantitative estimate of drug-likeness (QED) is 0.824. The van der Waals surface area contributed by atoms with Gasteiger partial charge in [0.15, 0.2) is 0 Å². The molecule has 1 saturated heterocycles. The summed E-state index contributed by atoms with van der Waals surface area (Å²) in [6.07, 6.45) is 5.19. The molecule has 1 aliphatic rings. The minimum absolute atomic E-state index is 0.297. The molecule has 4 heteroatoms. The Hall–Kier alpha value is -1.55. The molecule has 3 heterocycles. The van der Waals surface area contributed by atoms with Crippen LogP contribution in [0.5, 0.6) is 5.75 Å². The third-order valence-electron chi connectivity index (χ3n) is 3.04. The lowest BCUT2D eigenvalue weighted by Gasteiger charge is -2.13. The lowest BCUT2D eigenvalue weighted by molar-refractivity contribution is 0.226.